The molecule has 1 saturated heterocycles. The van der Waals surface area contributed by atoms with Crippen LogP contribution < -0.4 is 5.73 Å². The zero-order valence-electron chi connectivity index (χ0n) is 10.7. The first-order valence-corrected chi connectivity index (χ1v) is 6.10. The summed E-state index contributed by atoms with van der Waals surface area (Å²) in [4.78, 5) is 14.1. The first kappa shape index (κ1) is 13.4. The maximum absolute atomic E-state index is 12.3. The Kier molecular flexibility index (Phi) is 4.01. The summed E-state index contributed by atoms with van der Waals surface area (Å²) < 4.78 is 5.31. The largest absolute Gasteiger partial charge is 0.409 e. The van der Waals surface area contributed by atoms with Crippen molar-refractivity contribution in [3.8, 4) is 0 Å². The predicted molar refractivity (Wildman–Crippen MR) is 70.3 cm³/mol. The van der Waals surface area contributed by atoms with Gasteiger partial charge in [0.25, 0.3) is 5.91 Å². The molecule has 1 atom stereocenters. The molecule has 0 bridgehead atoms. The van der Waals surface area contributed by atoms with Crippen molar-refractivity contribution in [1.82, 2.24) is 4.90 Å². The average Bonchev–Trinajstić information content (AvgIpc) is 2.46. The number of nitrogens with two attached hydrogens (primary N) is 1. The Morgan fingerprint density at radius 2 is 2.05 bits per heavy atom. The van der Waals surface area contributed by atoms with E-state index >= 15 is 0 Å². The molecule has 1 amide bonds. The summed E-state index contributed by atoms with van der Waals surface area (Å²) in [5.41, 5.74) is 6.64. The molecular weight excluding hydrogens is 246 g/mol. The van der Waals surface area contributed by atoms with E-state index in [1.807, 2.05) is 6.92 Å². The van der Waals surface area contributed by atoms with Gasteiger partial charge < -0.3 is 20.6 Å². The van der Waals surface area contributed by atoms with Crippen LogP contribution in [0.1, 0.15) is 22.8 Å². The van der Waals surface area contributed by atoms with Gasteiger partial charge in [0.05, 0.1) is 19.3 Å². The molecule has 1 aliphatic heterocycles. The summed E-state index contributed by atoms with van der Waals surface area (Å²) in [6, 6.07) is 6.75. The van der Waals surface area contributed by atoms with E-state index in [0.29, 0.717) is 30.9 Å². The highest BCUT2D eigenvalue weighted by Crippen LogP contribution is 2.13. The second kappa shape index (κ2) is 5.71. The lowest BCUT2D eigenvalue weighted by atomic mass is 10.1. The van der Waals surface area contributed by atoms with E-state index in [1.165, 1.54) is 0 Å². The number of morpholine rings is 1. The fourth-order valence-electron chi connectivity index (χ4n) is 2.04. The van der Waals surface area contributed by atoms with Gasteiger partial charge in [-0.25, -0.2) is 0 Å². The standard InChI is InChI=1S/C13H17N3O3/c1-9-8-19-7-6-16(9)13(17)11-4-2-10(3-5-11)12(14)15-18/h2-5,9,18H,6-8H2,1H3,(H2,14,15). The van der Waals surface area contributed by atoms with Crippen LogP contribution >= 0.6 is 0 Å². The van der Waals surface area contributed by atoms with Gasteiger partial charge in [0.15, 0.2) is 5.84 Å². The predicted octanol–water partition coefficient (Wildman–Crippen LogP) is 0.642. The second-order valence-electron chi connectivity index (χ2n) is 4.49. The van der Waals surface area contributed by atoms with E-state index in [2.05, 4.69) is 5.16 Å². The first-order chi connectivity index (χ1) is 9.13. The van der Waals surface area contributed by atoms with E-state index < -0.39 is 0 Å². The van der Waals surface area contributed by atoms with E-state index in [4.69, 9.17) is 15.7 Å². The van der Waals surface area contributed by atoms with Crippen LogP contribution in [0.4, 0.5) is 0 Å². The van der Waals surface area contributed by atoms with Crippen LogP contribution in [0.2, 0.25) is 0 Å². The minimum absolute atomic E-state index is 0.0261. The number of rotatable bonds is 2. The molecule has 0 aromatic heterocycles. The number of nitrogens with zero attached hydrogens (tertiary/aromatic N) is 2. The molecule has 2 rings (SSSR count). The van der Waals surface area contributed by atoms with Crippen molar-refractivity contribution in [3.63, 3.8) is 0 Å². The normalized spacial score (nSPS) is 20.4. The van der Waals surface area contributed by atoms with Gasteiger partial charge in [0, 0.05) is 17.7 Å². The second-order valence-corrected chi connectivity index (χ2v) is 4.49. The maximum atomic E-state index is 12.3. The van der Waals surface area contributed by atoms with Crippen LogP contribution in [0, 0.1) is 0 Å². The number of carbonyl (C=O) groups is 1. The summed E-state index contributed by atoms with van der Waals surface area (Å²) in [6.07, 6.45) is 0. The molecule has 6 heteroatoms. The van der Waals surface area contributed by atoms with Crippen molar-refractivity contribution >= 4 is 11.7 Å². The number of oxime groups is 1. The van der Waals surface area contributed by atoms with Crippen molar-refractivity contribution in [1.29, 1.82) is 0 Å². The van der Waals surface area contributed by atoms with Gasteiger partial charge in [-0.3, -0.25) is 4.79 Å². The highest BCUT2D eigenvalue weighted by molar-refractivity contribution is 5.99. The van der Waals surface area contributed by atoms with Crippen molar-refractivity contribution in [3.05, 3.63) is 35.4 Å². The lowest BCUT2D eigenvalue weighted by Crippen LogP contribution is -2.47. The third-order valence-electron chi connectivity index (χ3n) is 3.16. The van der Waals surface area contributed by atoms with Gasteiger partial charge in [0.2, 0.25) is 0 Å². The van der Waals surface area contributed by atoms with Crippen molar-refractivity contribution in [2.75, 3.05) is 19.8 Å². The van der Waals surface area contributed by atoms with Crippen LogP contribution in [0.25, 0.3) is 0 Å². The summed E-state index contributed by atoms with van der Waals surface area (Å²) in [5.74, 6) is 0.000554. The van der Waals surface area contributed by atoms with E-state index in [0.717, 1.165) is 0 Å². The molecule has 1 heterocycles. The molecule has 1 fully saturated rings. The Bertz CT molecular complexity index is 484. The Balaban J connectivity index is 2.15. The molecule has 0 spiro atoms. The molecule has 0 saturated carbocycles. The van der Waals surface area contributed by atoms with Crippen LogP contribution in [0.15, 0.2) is 29.4 Å². The number of carbonyl (C=O) groups excluding carboxylic acids is 1. The lowest BCUT2D eigenvalue weighted by Gasteiger charge is -2.33. The highest BCUT2D eigenvalue weighted by atomic mass is 16.5. The molecule has 0 radical (unpaired) electrons. The number of ether oxygens (including phenoxy) is 1. The van der Waals surface area contributed by atoms with Crippen LogP contribution in [0.3, 0.4) is 0 Å². The smallest absolute Gasteiger partial charge is 0.254 e. The molecule has 1 unspecified atom stereocenters. The highest BCUT2D eigenvalue weighted by Gasteiger charge is 2.24. The number of hydrogen-bond donors (Lipinski definition) is 2. The third-order valence-corrected chi connectivity index (χ3v) is 3.16. The molecule has 0 aliphatic carbocycles. The van der Waals surface area contributed by atoms with Crippen molar-refractivity contribution in [2.45, 2.75) is 13.0 Å². The Labute approximate surface area is 111 Å². The molecule has 6 nitrogen and oxygen atoms in total. The quantitative estimate of drug-likeness (QED) is 0.355. The number of benzene rings is 1. The molecular formula is C13H17N3O3. The minimum Gasteiger partial charge on any atom is -0.409 e. The van der Waals surface area contributed by atoms with Crippen molar-refractivity contribution in [2.24, 2.45) is 10.9 Å². The zero-order valence-corrected chi connectivity index (χ0v) is 10.7. The fourth-order valence-corrected chi connectivity index (χ4v) is 2.04. The van der Waals surface area contributed by atoms with Crippen LogP contribution in [-0.4, -0.2) is 47.7 Å². The topological polar surface area (TPSA) is 88.2 Å². The van der Waals surface area contributed by atoms with E-state index in [1.54, 1.807) is 29.2 Å². The van der Waals surface area contributed by atoms with Gasteiger partial charge in [-0.2, -0.15) is 0 Å². The summed E-state index contributed by atoms with van der Waals surface area (Å²) in [7, 11) is 0. The fraction of sp³-hybridized carbons (Fsp3) is 0.385. The van der Waals surface area contributed by atoms with Gasteiger partial charge in [0.1, 0.15) is 0 Å². The van der Waals surface area contributed by atoms with Gasteiger partial charge >= 0.3 is 0 Å². The number of hydrogen-bond acceptors (Lipinski definition) is 4. The molecule has 1 aromatic carbocycles. The average molecular weight is 263 g/mol. The summed E-state index contributed by atoms with van der Waals surface area (Å²) in [5, 5.41) is 11.5. The van der Waals surface area contributed by atoms with Gasteiger partial charge in [-0.15, -0.1) is 0 Å². The molecule has 3 N–H and O–H groups in total. The maximum Gasteiger partial charge on any atom is 0.254 e. The summed E-state index contributed by atoms with van der Waals surface area (Å²) in [6.45, 7) is 3.69. The van der Waals surface area contributed by atoms with Crippen molar-refractivity contribution < 1.29 is 14.7 Å². The lowest BCUT2D eigenvalue weighted by molar-refractivity contribution is 0.00359. The Hall–Kier alpha value is -2.08. The molecule has 102 valence electrons. The van der Waals surface area contributed by atoms with Crippen LogP contribution in [-0.2, 0) is 4.74 Å². The van der Waals surface area contributed by atoms with Gasteiger partial charge in [-0.1, -0.05) is 17.3 Å². The monoisotopic (exact) mass is 263 g/mol. The third kappa shape index (κ3) is 2.85. The first-order valence-electron chi connectivity index (χ1n) is 6.10. The zero-order chi connectivity index (χ0) is 13.8. The SMILES string of the molecule is CC1COCCN1C(=O)c1ccc(/C(N)=N/O)cc1. The number of amidine groups is 1. The Morgan fingerprint density at radius 3 is 2.63 bits per heavy atom. The minimum atomic E-state index is -0.0261. The number of amides is 1. The van der Waals surface area contributed by atoms with Gasteiger partial charge in [-0.05, 0) is 19.1 Å². The molecule has 1 aromatic rings. The Morgan fingerprint density at radius 1 is 1.42 bits per heavy atom. The van der Waals surface area contributed by atoms with Crippen LogP contribution in [0.5, 0.6) is 0 Å². The molecule has 19 heavy (non-hydrogen) atoms. The molecule has 1 aliphatic rings. The van der Waals surface area contributed by atoms with E-state index in [9.17, 15) is 4.79 Å². The van der Waals surface area contributed by atoms with E-state index in [-0.39, 0.29) is 17.8 Å². The summed E-state index contributed by atoms with van der Waals surface area (Å²) >= 11 is 0.